The molecule has 3 aromatic rings. The lowest BCUT2D eigenvalue weighted by atomic mass is 10.2. The first kappa shape index (κ1) is 20.4. The molecule has 1 aromatic heterocycles. The molecular weight excluding hydrogens is 395 g/mol. The van der Waals surface area contributed by atoms with Crippen LogP contribution in [0, 0.1) is 12.7 Å². The number of carbonyl (C=O) groups excluding carboxylic acids is 1. The van der Waals surface area contributed by atoms with E-state index in [1.54, 1.807) is 35.2 Å². The number of thioether (sulfide) groups is 1. The highest BCUT2D eigenvalue weighted by atomic mass is 32.2. The van der Waals surface area contributed by atoms with Crippen LogP contribution in [0.3, 0.4) is 0 Å². The zero-order valence-electron chi connectivity index (χ0n) is 15.5. The van der Waals surface area contributed by atoms with Crippen LogP contribution in [-0.4, -0.2) is 24.0 Å². The minimum Gasteiger partial charge on any atom is -0.492 e. The van der Waals surface area contributed by atoms with Gasteiger partial charge >= 0.3 is 0 Å². The number of benzene rings is 2. The monoisotopic (exact) mass is 416 g/mol. The highest BCUT2D eigenvalue weighted by molar-refractivity contribution is 8.00. The normalized spacial score (nSPS) is 10.6. The summed E-state index contributed by atoms with van der Waals surface area (Å²) in [5.41, 5.74) is 3.28. The quantitative estimate of drug-likeness (QED) is 0.408. The van der Waals surface area contributed by atoms with Crippen LogP contribution in [0.2, 0.25) is 0 Å². The summed E-state index contributed by atoms with van der Waals surface area (Å²) in [6.45, 7) is 2.78. The van der Waals surface area contributed by atoms with Gasteiger partial charge < -0.3 is 10.1 Å². The van der Waals surface area contributed by atoms with Gasteiger partial charge in [0.1, 0.15) is 22.5 Å². The van der Waals surface area contributed by atoms with Crippen molar-refractivity contribution in [2.75, 3.05) is 13.2 Å². The number of aryl methyl sites for hydroxylation is 1. The first-order valence-electron chi connectivity index (χ1n) is 8.86. The van der Waals surface area contributed by atoms with Gasteiger partial charge in [-0.2, -0.15) is 0 Å². The van der Waals surface area contributed by atoms with E-state index in [0.29, 0.717) is 18.9 Å². The molecule has 146 valence electrons. The molecule has 0 unspecified atom stereocenters. The average Bonchev–Trinajstić information content (AvgIpc) is 3.13. The summed E-state index contributed by atoms with van der Waals surface area (Å²) in [7, 11) is 0. The van der Waals surface area contributed by atoms with Crippen LogP contribution >= 0.6 is 23.1 Å². The van der Waals surface area contributed by atoms with Crippen molar-refractivity contribution in [3.05, 3.63) is 76.5 Å². The number of rotatable bonds is 9. The Morgan fingerprint density at radius 2 is 1.93 bits per heavy atom. The Morgan fingerprint density at radius 1 is 1.18 bits per heavy atom. The van der Waals surface area contributed by atoms with E-state index in [4.69, 9.17) is 4.74 Å². The molecule has 3 rings (SSSR count). The molecule has 0 bridgehead atoms. The lowest BCUT2D eigenvalue weighted by molar-refractivity contribution is -0.120. The van der Waals surface area contributed by atoms with Gasteiger partial charge in [0.05, 0.1) is 18.7 Å². The second kappa shape index (κ2) is 10.2. The molecule has 7 heteroatoms. The number of nitrogens with one attached hydrogen (secondary N) is 1. The number of nitrogens with zero attached hydrogens (tertiary/aromatic N) is 1. The van der Waals surface area contributed by atoms with Gasteiger partial charge in [-0.1, -0.05) is 41.6 Å². The number of aromatic nitrogens is 1. The van der Waals surface area contributed by atoms with E-state index in [-0.39, 0.29) is 18.1 Å². The number of thiazole rings is 1. The van der Waals surface area contributed by atoms with Crippen LogP contribution in [0.25, 0.3) is 0 Å². The van der Waals surface area contributed by atoms with E-state index in [2.05, 4.69) is 41.5 Å². The van der Waals surface area contributed by atoms with E-state index in [0.717, 1.165) is 15.8 Å². The average molecular weight is 417 g/mol. The molecule has 0 fully saturated rings. The molecule has 0 aliphatic carbocycles. The fourth-order valence-corrected chi connectivity index (χ4v) is 4.18. The molecule has 0 saturated heterocycles. The van der Waals surface area contributed by atoms with Crippen LogP contribution in [0.15, 0.2) is 58.3 Å². The molecule has 0 radical (unpaired) electrons. The van der Waals surface area contributed by atoms with E-state index in [1.165, 1.54) is 23.3 Å². The number of carbonyl (C=O) groups is 1. The smallest absolute Gasteiger partial charge is 0.226 e. The minimum atomic E-state index is -0.305. The van der Waals surface area contributed by atoms with Crippen LogP contribution < -0.4 is 10.1 Å². The fourth-order valence-electron chi connectivity index (χ4n) is 2.38. The van der Waals surface area contributed by atoms with Crippen molar-refractivity contribution in [2.45, 2.75) is 23.4 Å². The third-order valence-corrected chi connectivity index (χ3v) is 6.00. The van der Waals surface area contributed by atoms with Crippen molar-refractivity contribution in [1.29, 1.82) is 0 Å². The van der Waals surface area contributed by atoms with E-state index in [9.17, 15) is 9.18 Å². The van der Waals surface area contributed by atoms with E-state index >= 15 is 0 Å². The van der Waals surface area contributed by atoms with Crippen LogP contribution in [0.1, 0.15) is 16.8 Å². The lowest BCUT2D eigenvalue weighted by Crippen LogP contribution is -2.29. The summed E-state index contributed by atoms with van der Waals surface area (Å²) in [5, 5.41) is 4.73. The first-order valence-corrected chi connectivity index (χ1v) is 10.7. The van der Waals surface area contributed by atoms with E-state index < -0.39 is 0 Å². The maximum absolute atomic E-state index is 12.8. The summed E-state index contributed by atoms with van der Waals surface area (Å²) >= 11 is 3.23. The largest absolute Gasteiger partial charge is 0.492 e. The van der Waals surface area contributed by atoms with Crippen LogP contribution in [-0.2, 0) is 17.0 Å². The van der Waals surface area contributed by atoms with Crippen molar-refractivity contribution < 1.29 is 13.9 Å². The predicted molar refractivity (Wildman–Crippen MR) is 111 cm³/mol. The molecule has 28 heavy (non-hydrogen) atoms. The van der Waals surface area contributed by atoms with Gasteiger partial charge in [-0.15, -0.1) is 11.3 Å². The Labute approximate surface area is 172 Å². The van der Waals surface area contributed by atoms with Gasteiger partial charge in [-0.3, -0.25) is 4.79 Å². The van der Waals surface area contributed by atoms with Crippen molar-refractivity contribution in [3.63, 3.8) is 0 Å². The van der Waals surface area contributed by atoms with Crippen molar-refractivity contribution in [2.24, 2.45) is 0 Å². The van der Waals surface area contributed by atoms with Gasteiger partial charge in [0, 0.05) is 11.1 Å². The van der Waals surface area contributed by atoms with E-state index in [1.807, 2.05) is 5.38 Å². The predicted octanol–water partition coefficient (Wildman–Crippen LogP) is 4.62. The number of hydrogen-bond acceptors (Lipinski definition) is 5. The minimum absolute atomic E-state index is 0.0944. The molecule has 0 aliphatic rings. The molecule has 0 saturated carbocycles. The Bertz CT molecular complexity index is 896. The second-order valence-electron chi connectivity index (χ2n) is 6.21. The fraction of sp³-hybridized carbons (Fsp3) is 0.238. The Balaban J connectivity index is 1.36. The standard InChI is InChI=1S/C21H21FN2O2S2/c1-15-2-4-16(5-3-15)13-27-21-24-18(14-28-21)12-20(25)23-10-11-26-19-8-6-17(22)7-9-19/h2-9,14H,10-13H2,1H3,(H,23,25). The molecule has 0 spiro atoms. The molecule has 2 aromatic carbocycles. The molecule has 1 heterocycles. The van der Waals surface area contributed by atoms with Gasteiger partial charge in [0.2, 0.25) is 5.91 Å². The van der Waals surface area contributed by atoms with Gasteiger partial charge in [-0.25, -0.2) is 9.37 Å². The Morgan fingerprint density at radius 3 is 2.68 bits per heavy atom. The third-order valence-electron chi connectivity index (χ3n) is 3.86. The zero-order valence-corrected chi connectivity index (χ0v) is 17.1. The Hall–Kier alpha value is -2.38. The van der Waals surface area contributed by atoms with Gasteiger partial charge in [0.15, 0.2) is 0 Å². The third kappa shape index (κ3) is 6.65. The molecule has 4 nitrogen and oxygen atoms in total. The Kier molecular flexibility index (Phi) is 7.45. The number of halogens is 1. The van der Waals surface area contributed by atoms with Gasteiger partial charge in [0.25, 0.3) is 0 Å². The summed E-state index contributed by atoms with van der Waals surface area (Å²) in [6.07, 6.45) is 0.248. The highest BCUT2D eigenvalue weighted by Gasteiger charge is 2.08. The SMILES string of the molecule is Cc1ccc(CSc2nc(CC(=O)NCCOc3ccc(F)cc3)cs2)cc1. The molecule has 1 N–H and O–H groups in total. The molecular formula is C21H21FN2O2S2. The zero-order chi connectivity index (χ0) is 19.8. The molecule has 0 atom stereocenters. The van der Waals surface area contributed by atoms with Crippen LogP contribution in [0.5, 0.6) is 5.75 Å². The summed E-state index contributed by atoms with van der Waals surface area (Å²) in [4.78, 5) is 16.6. The second-order valence-corrected chi connectivity index (χ2v) is 8.29. The van der Waals surface area contributed by atoms with Crippen LogP contribution in [0.4, 0.5) is 4.39 Å². The van der Waals surface area contributed by atoms with Crippen molar-refractivity contribution >= 4 is 29.0 Å². The maximum atomic E-state index is 12.8. The maximum Gasteiger partial charge on any atom is 0.226 e. The number of amides is 1. The topological polar surface area (TPSA) is 51.2 Å². The van der Waals surface area contributed by atoms with Crippen molar-refractivity contribution in [1.82, 2.24) is 10.3 Å². The summed E-state index contributed by atoms with van der Waals surface area (Å²) in [5.74, 6) is 1.04. The molecule has 1 amide bonds. The highest BCUT2D eigenvalue weighted by Crippen LogP contribution is 2.26. The summed E-state index contributed by atoms with van der Waals surface area (Å²) in [6, 6.07) is 14.2. The number of ether oxygens (including phenoxy) is 1. The summed E-state index contributed by atoms with van der Waals surface area (Å²) < 4.78 is 19.2. The first-order chi connectivity index (χ1) is 13.6. The molecule has 0 aliphatic heterocycles. The number of hydrogen-bond donors (Lipinski definition) is 1. The lowest BCUT2D eigenvalue weighted by Gasteiger charge is -2.07. The van der Waals surface area contributed by atoms with Gasteiger partial charge in [-0.05, 0) is 36.8 Å². The van der Waals surface area contributed by atoms with Crippen molar-refractivity contribution in [3.8, 4) is 5.75 Å².